The maximum absolute atomic E-state index is 11.3. The zero-order chi connectivity index (χ0) is 17.9. The van der Waals surface area contributed by atoms with Crippen molar-refractivity contribution < 1.29 is 23.8 Å². The Labute approximate surface area is 142 Å². The molecule has 130 valence electrons. The van der Waals surface area contributed by atoms with Gasteiger partial charge in [-0.3, -0.25) is 0 Å². The zero-order valence-corrected chi connectivity index (χ0v) is 14.5. The summed E-state index contributed by atoms with van der Waals surface area (Å²) in [6.45, 7) is 8.07. The Morgan fingerprint density at radius 2 is 1.88 bits per heavy atom. The minimum atomic E-state index is -0.405. The summed E-state index contributed by atoms with van der Waals surface area (Å²) in [5.41, 5.74) is 2.84. The average Bonchev–Trinajstić information content (AvgIpc) is 2.57. The van der Waals surface area contributed by atoms with Crippen LogP contribution in [0.2, 0.25) is 0 Å². The van der Waals surface area contributed by atoms with Gasteiger partial charge in [-0.25, -0.2) is 9.59 Å². The van der Waals surface area contributed by atoms with E-state index in [1.807, 2.05) is 32.0 Å². The smallest absolute Gasteiger partial charge is 0.330 e. The number of esters is 2. The van der Waals surface area contributed by atoms with Gasteiger partial charge in [0.2, 0.25) is 0 Å². The lowest BCUT2D eigenvalue weighted by Gasteiger charge is -2.11. The predicted octanol–water partition coefficient (Wildman–Crippen LogP) is 3.46. The number of unbranched alkanes of at least 4 members (excludes halogenated alkanes) is 1. The normalized spacial score (nSPS) is 10.9. The van der Waals surface area contributed by atoms with Crippen molar-refractivity contribution in [3.05, 3.63) is 48.1 Å². The third-order valence-corrected chi connectivity index (χ3v) is 3.38. The quantitative estimate of drug-likeness (QED) is 0.394. The van der Waals surface area contributed by atoms with E-state index >= 15 is 0 Å². The van der Waals surface area contributed by atoms with Crippen LogP contribution in [0.1, 0.15) is 30.9 Å². The number of allylic oxidation sites excluding steroid dienone is 1. The summed E-state index contributed by atoms with van der Waals surface area (Å²) in [6, 6.07) is 5.72. The van der Waals surface area contributed by atoms with Crippen molar-refractivity contribution in [1.82, 2.24) is 0 Å². The Bertz CT molecular complexity index is 616. The molecule has 0 aliphatic rings. The highest BCUT2D eigenvalue weighted by atomic mass is 16.5. The van der Waals surface area contributed by atoms with Gasteiger partial charge in [-0.15, -0.1) is 0 Å². The van der Waals surface area contributed by atoms with Crippen molar-refractivity contribution >= 4 is 17.5 Å². The van der Waals surface area contributed by atoms with Crippen molar-refractivity contribution in [2.75, 3.05) is 20.3 Å². The average molecular weight is 332 g/mol. The molecule has 0 bridgehead atoms. The van der Waals surface area contributed by atoms with E-state index in [1.54, 1.807) is 0 Å². The third kappa shape index (κ3) is 6.69. The van der Waals surface area contributed by atoms with Gasteiger partial charge in [-0.1, -0.05) is 12.6 Å². The van der Waals surface area contributed by atoms with E-state index in [-0.39, 0.29) is 5.97 Å². The standard InChI is InChI=1S/C19H24O5/c1-5-18(20)24-11-7-6-10-23-16-8-9-17(14(2)12-16)15(3)13-19(21)22-4/h5,8-9,12-13H,1,6-7,10-11H2,2-4H3. The van der Waals surface area contributed by atoms with Crippen LogP contribution < -0.4 is 4.74 Å². The molecule has 0 aliphatic carbocycles. The number of hydrogen-bond donors (Lipinski definition) is 0. The summed E-state index contributed by atoms with van der Waals surface area (Å²) < 4.78 is 15.2. The number of benzene rings is 1. The van der Waals surface area contributed by atoms with Gasteiger partial charge in [0.25, 0.3) is 0 Å². The summed E-state index contributed by atoms with van der Waals surface area (Å²) in [5, 5.41) is 0. The van der Waals surface area contributed by atoms with Crippen LogP contribution in [0, 0.1) is 6.92 Å². The van der Waals surface area contributed by atoms with Crippen molar-refractivity contribution in [3.63, 3.8) is 0 Å². The molecule has 1 aromatic rings. The van der Waals surface area contributed by atoms with Gasteiger partial charge in [-0.05, 0) is 55.5 Å². The molecule has 0 saturated heterocycles. The summed E-state index contributed by atoms with van der Waals surface area (Å²) in [5.74, 6) is -0.00732. The van der Waals surface area contributed by atoms with Crippen LogP contribution in [0.4, 0.5) is 0 Å². The van der Waals surface area contributed by atoms with Crippen molar-refractivity contribution in [1.29, 1.82) is 0 Å². The topological polar surface area (TPSA) is 61.8 Å². The molecular formula is C19H24O5. The lowest BCUT2D eigenvalue weighted by molar-refractivity contribution is -0.138. The van der Waals surface area contributed by atoms with Crippen LogP contribution >= 0.6 is 0 Å². The van der Waals surface area contributed by atoms with Gasteiger partial charge in [0.1, 0.15) is 5.75 Å². The largest absolute Gasteiger partial charge is 0.494 e. The van der Waals surface area contributed by atoms with Gasteiger partial charge >= 0.3 is 11.9 Å². The first kappa shape index (κ1) is 19.5. The number of aryl methyl sites for hydroxylation is 1. The molecule has 0 saturated carbocycles. The van der Waals surface area contributed by atoms with Crippen molar-refractivity contribution in [3.8, 4) is 5.75 Å². The van der Waals surface area contributed by atoms with Crippen LogP contribution in [0.25, 0.3) is 5.57 Å². The Morgan fingerprint density at radius 1 is 1.17 bits per heavy atom. The number of hydrogen-bond acceptors (Lipinski definition) is 5. The lowest BCUT2D eigenvalue weighted by atomic mass is 10.0. The molecule has 0 heterocycles. The molecule has 5 nitrogen and oxygen atoms in total. The molecule has 1 aromatic carbocycles. The van der Waals surface area contributed by atoms with Gasteiger partial charge in [0.05, 0.1) is 20.3 Å². The van der Waals surface area contributed by atoms with E-state index in [0.29, 0.717) is 13.2 Å². The molecule has 0 unspecified atom stereocenters. The second-order valence-corrected chi connectivity index (χ2v) is 5.25. The van der Waals surface area contributed by atoms with Crippen LogP contribution in [-0.4, -0.2) is 32.3 Å². The number of rotatable bonds is 9. The molecule has 0 radical (unpaired) electrons. The Kier molecular flexibility index (Phi) is 8.33. The number of carbonyl (C=O) groups excluding carboxylic acids is 2. The summed E-state index contributed by atoms with van der Waals surface area (Å²) >= 11 is 0. The van der Waals surface area contributed by atoms with Crippen LogP contribution in [0.5, 0.6) is 5.75 Å². The Morgan fingerprint density at radius 3 is 2.50 bits per heavy atom. The van der Waals surface area contributed by atoms with E-state index < -0.39 is 5.97 Å². The van der Waals surface area contributed by atoms with Gasteiger partial charge in [0, 0.05) is 12.2 Å². The zero-order valence-electron chi connectivity index (χ0n) is 14.5. The first-order valence-electron chi connectivity index (χ1n) is 7.77. The highest BCUT2D eigenvalue weighted by Gasteiger charge is 2.05. The summed E-state index contributed by atoms with van der Waals surface area (Å²) in [4.78, 5) is 22.2. The number of methoxy groups -OCH3 is 1. The van der Waals surface area contributed by atoms with Gasteiger partial charge in [-0.2, -0.15) is 0 Å². The summed E-state index contributed by atoms with van der Waals surface area (Å²) in [7, 11) is 1.36. The Hall–Kier alpha value is -2.56. The third-order valence-electron chi connectivity index (χ3n) is 3.38. The number of ether oxygens (including phenoxy) is 3. The van der Waals surface area contributed by atoms with Crippen molar-refractivity contribution in [2.45, 2.75) is 26.7 Å². The predicted molar refractivity (Wildman–Crippen MR) is 92.7 cm³/mol. The molecule has 0 spiro atoms. The molecular weight excluding hydrogens is 308 g/mol. The molecule has 24 heavy (non-hydrogen) atoms. The molecule has 0 N–H and O–H groups in total. The summed E-state index contributed by atoms with van der Waals surface area (Å²) in [6.07, 6.45) is 4.13. The molecule has 0 fully saturated rings. The van der Waals surface area contributed by atoms with Crippen LogP contribution in [-0.2, 0) is 19.1 Å². The fourth-order valence-corrected chi connectivity index (χ4v) is 2.11. The van der Waals surface area contributed by atoms with Gasteiger partial charge in [0.15, 0.2) is 0 Å². The Balaban J connectivity index is 2.47. The lowest BCUT2D eigenvalue weighted by Crippen LogP contribution is -2.04. The fourth-order valence-electron chi connectivity index (χ4n) is 2.11. The minimum absolute atomic E-state index is 0.365. The SMILES string of the molecule is C=CC(=O)OCCCCOc1ccc(C(C)=CC(=O)OC)c(C)c1. The monoisotopic (exact) mass is 332 g/mol. The maximum Gasteiger partial charge on any atom is 0.330 e. The molecule has 0 aromatic heterocycles. The van der Waals surface area contributed by atoms with E-state index in [9.17, 15) is 9.59 Å². The van der Waals surface area contributed by atoms with E-state index in [2.05, 4.69) is 11.3 Å². The van der Waals surface area contributed by atoms with Crippen LogP contribution in [0.15, 0.2) is 36.9 Å². The molecule has 0 aliphatic heterocycles. The fraction of sp³-hybridized carbons (Fsp3) is 0.368. The second-order valence-electron chi connectivity index (χ2n) is 5.25. The highest BCUT2D eigenvalue weighted by molar-refractivity contribution is 5.91. The van der Waals surface area contributed by atoms with E-state index in [1.165, 1.54) is 13.2 Å². The van der Waals surface area contributed by atoms with E-state index in [4.69, 9.17) is 9.47 Å². The first-order chi connectivity index (χ1) is 11.5. The maximum atomic E-state index is 11.3. The highest BCUT2D eigenvalue weighted by Crippen LogP contribution is 2.23. The number of carbonyl (C=O) groups is 2. The second kappa shape index (κ2) is 10.3. The van der Waals surface area contributed by atoms with Crippen molar-refractivity contribution in [2.24, 2.45) is 0 Å². The minimum Gasteiger partial charge on any atom is -0.494 e. The first-order valence-corrected chi connectivity index (χ1v) is 7.77. The van der Waals surface area contributed by atoms with Crippen LogP contribution in [0.3, 0.4) is 0 Å². The molecule has 0 atom stereocenters. The van der Waals surface area contributed by atoms with E-state index in [0.717, 1.165) is 41.4 Å². The molecule has 1 rings (SSSR count). The molecule has 5 heteroatoms. The van der Waals surface area contributed by atoms with Gasteiger partial charge < -0.3 is 14.2 Å². The molecule has 0 amide bonds.